The first kappa shape index (κ1) is 22.2. The van der Waals surface area contributed by atoms with Gasteiger partial charge < -0.3 is 10.2 Å². The van der Waals surface area contributed by atoms with Crippen molar-refractivity contribution in [1.29, 1.82) is 0 Å². The fraction of sp³-hybridized carbons (Fsp3) is 0.667. The van der Waals surface area contributed by atoms with Crippen molar-refractivity contribution in [2.45, 2.75) is 82.1 Å². The first-order valence-electron chi connectivity index (χ1n) is 11.1. The number of carbonyl (C=O) groups is 2. The predicted molar refractivity (Wildman–Crippen MR) is 120 cm³/mol. The molecule has 1 aliphatic heterocycles. The molecular formula is C24H36N2O2S. The number of benzene rings is 1. The van der Waals surface area contributed by atoms with Crippen molar-refractivity contribution in [2.75, 3.05) is 18.8 Å². The molecule has 1 N–H and O–H groups in total. The highest BCUT2D eigenvalue weighted by Gasteiger charge is 2.27. The summed E-state index contributed by atoms with van der Waals surface area (Å²) >= 11 is 1.61. The minimum atomic E-state index is 0.149. The summed E-state index contributed by atoms with van der Waals surface area (Å²) in [4.78, 5) is 28.1. The molecule has 1 saturated heterocycles. The Balaban J connectivity index is 1.39. The summed E-state index contributed by atoms with van der Waals surface area (Å²) in [6.07, 6.45) is 7.45. The molecule has 2 amide bonds. The van der Waals surface area contributed by atoms with Gasteiger partial charge >= 0.3 is 0 Å². The van der Waals surface area contributed by atoms with Gasteiger partial charge in [-0.1, -0.05) is 52.2 Å². The molecule has 1 heterocycles. The zero-order chi connectivity index (χ0) is 20.9. The van der Waals surface area contributed by atoms with Crippen molar-refractivity contribution in [3.63, 3.8) is 0 Å². The van der Waals surface area contributed by atoms with Crippen LogP contribution in [0, 0.1) is 5.92 Å². The standard InChI is InChI=1S/C24H36N2O2S/c1-24(2,3)19-9-11-21(12-10-19)29-17-22(27)26-15-13-20(14-16-26)25-23(28)18-7-5-4-6-8-18/h9-12,18,20H,4-8,13-17H2,1-3H3,(H,25,28). The lowest BCUT2D eigenvalue weighted by Crippen LogP contribution is -2.48. The molecule has 1 aromatic carbocycles. The predicted octanol–water partition coefficient (Wildman–Crippen LogP) is 4.76. The highest BCUT2D eigenvalue weighted by molar-refractivity contribution is 8.00. The van der Waals surface area contributed by atoms with Crippen molar-refractivity contribution >= 4 is 23.6 Å². The second-order valence-electron chi connectivity index (χ2n) is 9.56. The molecule has 0 atom stereocenters. The monoisotopic (exact) mass is 416 g/mol. The van der Waals surface area contributed by atoms with Gasteiger partial charge in [0.1, 0.15) is 0 Å². The zero-order valence-electron chi connectivity index (χ0n) is 18.2. The van der Waals surface area contributed by atoms with Crippen molar-refractivity contribution in [1.82, 2.24) is 10.2 Å². The summed E-state index contributed by atoms with van der Waals surface area (Å²) < 4.78 is 0. The number of likely N-dealkylation sites (tertiary alicyclic amines) is 1. The van der Waals surface area contributed by atoms with E-state index in [-0.39, 0.29) is 29.2 Å². The smallest absolute Gasteiger partial charge is 0.232 e. The highest BCUT2D eigenvalue weighted by atomic mass is 32.2. The van der Waals surface area contributed by atoms with Crippen LogP contribution in [0.3, 0.4) is 0 Å². The molecule has 3 rings (SSSR count). The second kappa shape index (κ2) is 10.0. The SMILES string of the molecule is CC(C)(C)c1ccc(SCC(=O)N2CCC(NC(=O)C3CCCCC3)CC2)cc1. The third-order valence-electron chi connectivity index (χ3n) is 6.25. The van der Waals surface area contributed by atoms with E-state index in [1.165, 1.54) is 24.8 Å². The van der Waals surface area contributed by atoms with E-state index in [0.29, 0.717) is 5.75 Å². The van der Waals surface area contributed by atoms with E-state index in [9.17, 15) is 9.59 Å². The van der Waals surface area contributed by atoms with Gasteiger partial charge in [-0.15, -0.1) is 11.8 Å². The Hall–Kier alpha value is -1.49. The number of nitrogens with zero attached hydrogens (tertiary/aromatic N) is 1. The van der Waals surface area contributed by atoms with E-state index in [0.717, 1.165) is 43.7 Å². The maximum Gasteiger partial charge on any atom is 0.232 e. The number of hydrogen-bond donors (Lipinski definition) is 1. The largest absolute Gasteiger partial charge is 0.353 e. The third kappa shape index (κ3) is 6.50. The topological polar surface area (TPSA) is 49.4 Å². The Labute approximate surface area is 180 Å². The number of carbonyl (C=O) groups excluding carboxylic acids is 2. The summed E-state index contributed by atoms with van der Waals surface area (Å²) in [5, 5.41) is 3.24. The summed E-state index contributed by atoms with van der Waals surface area (Å²) in [6.45, 7) is 8.12. The summed E-state index contributed by atoms with van der Waals surface area (Å²) in [5.74, 6) is 1.13. The van der Waals surface area contributed by atoms with Crippen LogP contribution in [0.2, 0.25) is 0 Å². The molecule has 2 aliphatic rings. The fourth-order valence-electron chi connectivity index (χ4n) is 4.24. The molecule has 29 heavy (non-hydrogen) atoms. The van der Waals surface area contributed by atoms with Crippen LogP contribution in [0.25, 0.3) is 0 Å². The summed E-state index contributed by atoms with van der Waals surface area (Å²) in [6, 6.07) is 8.78. The maximum atomic E-state index is 12.6. The van der Waals surface area contributed by atoms with Crippen molar-refractivity contribution < 1.29 is 9.59 Å². The van der Waals surface area contributed by atoms with Crippen LogP contribution >= 0.6 is 11.8 Å². The molecule has 160 valence electrons. The second-order valence-corrected chi connectivity index (χ2v) is 10.6. The van der Waals surface area contributed by atoms with E-state index >= 15 is 0 Å². The minimum absolute atomic E-state index is 0.149. The Bertz CT molecular complexity index is 682. The lowest BCUT2D eigenvalue weighted by molar-refractivity contribution is -0.130. The van der Waals surface area contributed by atoms with Crippen LogP contribution in [0.15, 0.2) is 29.2 Å². The molecule has 0 aromatic heterocycles. The highest BCUT2D eigenvalue weighted by Crippen LogP contribution is 2.27. The van der Waals surface area contributed by atoms with Gasteiger partial charge in [-0.05, 0) is 48.8 Å². The van der Waals surface area contributed by atoms with E-state index in [4.69, 9.17) is 0 Å². The van der Waals surface area contributed by atoms with Gasteiger partial charge in [0.25, 0.3) is 0 Å². The minimum Gasteiger partial charge on any atom is -0.353 e. The normalized spacial score (nSPS) is 19.2. The van der Waals surface area contributed by atoms with E-state index < -0.39 is 0 Å². The number of rotatable bonds is 5. The van der Waals surface area contributed by atoms with Crippen molar-refractivity contribution in [2.24, 2.45) is 5.92 Å². The molecule has 0 radical (unpaired) electrons. The molecule has 0 spiro atoms. The Morgan fingerprint density at radius 3 is 2.21 bits per heavy atom. The molecule has 1 saturated carbocycles. The molecule has 0 unspecified atom stereocenters. The number of thioether (sulfide) groups is 1. The summed E-state index contributed by atoms with van der Waals surface area (Å²) in [7, 11) is 0. The van der Waals surface area contributed by atoms with Crippen LogP contribution < -0.4 is 5.32 Å². The zero-order valence-corrected chi connectivity index (χ0v) is 19.0. The van der Waals surface area contributed by atoms with E-state index in [2.05, 4.69) is 50.4 Å². The summed E-state index contributed by atoms with van der Waals surface area (Å²) in [5.41, 5.74) is 1.46. The quantitative estimate of drug-likeness (QED) is 0.704. The van der Waals surface area contributed by atoms with Gasteiger partial charge in [0, 0.05) is 29.9 Å². The van der Waals surface area contributed by atoms with E-state index in [1.54, 1.807) is 11.8 Å². The average molecular weight is 417 g/mol. The van der Waals surface area contributed by atoms with Crippen LogP contribution in [-0.4, -0.2) is 41.6 Å². The van der Waals surface area contributed by atoms with Gasteiger partial charge in [-0.2, -0.15) is 0 Å². The Morgan fingerprint density at radius 2 is 1.62 bits per heavy atom. The average Bonchev–Trinajstić information content (AvgIpc) is 2.73. The van der Waals surface area contributed by atoms with Gasteiger partial charge in [0.05, 0.1) is 5.75 Å². The van der Waals surface area contributed by atoms with Gasteiger partial charge in [-0.3, -0.25) is 9.59 Å². The van der Waals surface area contributed by atoms with Gasteiger partial charge in [0.15, 0.2) is 0 Å². The number of piperidine rings is 1. The lowest BCUT2D eigenvalue weighted by Gasteiger charge is -2.33. The molecule has 5 heteroatoms. The Kier molecular flexibility index (Phi) is 7.66. The maximum absolute atomic E-state index is 12.6. The first-order chi connectivity index (χ1) is 13.8. The fourth-order valence-corrected chi connectivity index (χ4v) is 5.05. The molecule has 4 nitrogen and oxygen atoms in total. The molecule has 2 fully saturated rings. The number of nitrogens with one attached hydrogen (secondary N) is 1. The van der Waals surface area contributed by atoms with Crippen molar-refractivity contribution in [3.8, 4) is 0 Å². The van der Waals surface area contributed by atoms with Gasteiger partial charge in [-0.25, -0.2) is 0 Å². The van der Waals surface area contributed by atoms with Crippen LogP contribution in [0.4, 0.5) is 0 Å². The van der Waals surface area contributed by atoms with Crippen molar-refractivity contribution in [3.05, 3.63) is 29.8 Å². The first-order valence-corrected chi connectivity index (χ1v) is 12.1. The van der Waals surface area contributed by atoms with Gasteiger partial charge in [0.2, 0.25) is 11.8 Å². The Morgan fingerprint density at radius 1 is 1.00 bits per heavy atom. The van der Waals surface area contributed by atoms with Crippen LogP contribution in [0.1, 0.15) is 71.3 Å². The third-order valence-corrected chi connectivity index (χ3v) is 7.25. The molecular weight excluding hydrogens is 380 g/mol. The molecule has 1 aromatic rings. The molecule has 0 bridgehead atoms. The number of hydrogen-bond acceptors (Lipinski definition) is 3. The van der Waals surface area contributed by atoms with Crippen LogP contribution in [0.5, 0.6) is 0 Å². The number of amides is 2. The van der Waals surface area contributed by atoms with E-state index in [1.807, 2.05) is 4.90 Å². The lowest BCUT2D eigenvalue weighted by atomic mass is 9.87. The van der Waals surface area contributed by atoms with Crippen LogP contribution in [-0.2, 0) is 15.0 Å². The molecule has 1 aliphatic carbocycles.